The van der Waals surface area contributed by atoms with Crippen LogP contribution < -0.4 is 10.2 Å². The molecular formula is C25H17F3N2O3S. The molecule has 0 saturated carbocycles. The fourth-order valence-corrected chi connectivity index (χ4v) is 5.34. The van der Waals surface area contributed by atoms with E-state index >= 15 is 0 Å². The minimum atomic E-state index is -5.04. The van der Waals surface area contributed by atoms with Gasteiger partial charge in [0.2, 0.25) is 0 Å². The standard InChI is InChI=1S/C25H17F3N2O3S/c26-25(27,28)24(17-11-5-2-6-12-17)20(22(31)33-15-16-9-3-1-4-10-16)21-30(23(32)29-24)18-13-7-8-14-19(18)34-21/h1-14H,15H2,(H,29,32). The van der Waals surface area contributed by atoms with Crippen LogP contribution >= 0.6 is 11.8 Å². The molecule has 1 unspecified atom stereocenters. The number of anilines is 1. The lowest BCUT2D eigenvalue weighted by Gasteiger charge is -2.43. The van der Waals surface area contributed by atoms with Gasteiger partial charge in [0, 0.05) is 4.90 Å². The molecule has 172 valence electrons. The zero-order chi connectivity index (χ0) is 23.9. The maximum absolute atomic E-state index is 14.9. The molecule has 1 atom stereocenters. The molecule has 3 aromatic rings. The number of amides is 2. The van der Waals surface area contributed by atoms with Crippen molar-refractivity contribution in [2.45, 2.75) is 23.2 Å². The number of halogens is 3. The second-order valence-electron chi connectivity index (χ2n) is 7.69. The van der Waals surface area contributed by atoms with Crippen LogP contribution in [0, 0.1) is 0 Å². The van der Waals surface area contributed by atoms with Gasteiger partial charge in [0.1, 0.15) is 17.2 Å². The Hall–Kier alpha value is -3.72. The molecule has 9 heteroatoms. The third kappa shape index (κ3) is 3.43. The first-order chi connectivity index (χ1) is 16.3. The second-order valence-corrected chi connectivity index (χ2v) is 8.72. The van der Waals surface area contributed by atoms with Crippen LogP contribution in [0.2, 0.25) is 0 Å². The lowest BCUT2D eigenvalue weighted by atomic mass is 9.80. The topological polar surface area (TPSA) is 58.6 Å². The Morgan fingerprint density at radius 3 is 2.24 bits per heavy atom. The maximum Gasteiger partial charge on any atom is 0.420 e. The summed E-state index contributed by atoms with van der Waals surface area (Å²) in [6.07, 6.45) is -5.04. The summed E-state index contributed by atoms with van der Waals surface area (Å²) in [5.41, 5.74) is -3.02. The summed E-state index contributed by atoms with van der Waals surface area (Å²) in [5, 5.41) is 2.00. The summed E-state index contributed by atoms with van der Waals surface area (Å²) in [6, 6.07) is 21.3. The summed E-state index contributed by atoms with van der Waals surface area (Å²) in [4.78, 5) is 28.2. The number of hydrogen-bond donors (Lipinski definition) is 1. The van der Waals surface area contributed by atoms with E-state index in [1.807, 2.05) is 0 Å². The van der Waals surface area contributed by atoms with Gasteiger partial charge in [0.05, 0.1) is 5.69 Å². The molecule has 0 fully saturated rings. The van der Waals surface area contributed by atoms with Crippen LogP contribution in [0.25, 0.3) is 0 Å². The van der Waals surface area contributed by atoms with Crippen molar-refractivity contribution in [3.63, 3.8) is 0 Å². The number of rotatable bonds is 4. The van der Waals surface area contributed by atoms with Crippen molar-refractivity contribution < 1.29 is 27.5 Å². The van der Waals surface area contributed by atoms with Crippen LogP contribution in [0.1, 0.15) is 11.1 Å². The molecule has 0 saturated heterocycles. The Balaban J connectivity index is 1.71. The Labute approximate surface area is 197 Å². The molecule has 1 N–H and O–H groups in total. The number of carbonyl (C=O) groups excluding carboxylic acids is 2. The van der Waals surface area contributed by atoms with Crippen molar-refractivity contribution in [1.82, 2.24) is 5.32 Å². The van der Waals surface area contributed by atoms with Gasteiger partial charge in [0.25, 0.3) is 0 Å². The minimum absolute atomic E-state index is 0.121. The van der Waals surface area contributed by atoms with Crippen molar-refractivity contribution in [1.29, 1.82) is 0 Å². The molecule has 3 aromatic carbocycles. The average Bonchev–Trinajstić information content (AvgIpc) is 3.22. The number of thioether (sulfide) groups is 1. The molecule has 0 aromatic heterocycles. The molecular weight excluding hydrogens is 465 g/mol. The van der Waals surface area contributed by atoms with Gasteiger partial charge in [0.15, 0.2) is 5.54 Å². The lowest BCUT2D eigenvalue weighted by Crippen LogP contribution is -2.64. The summed E-state index contributed by atoms with van der Waals surface area (Å²) < 4.78 is 50.2. The maximum atomic E-state index is 14.9. The molecule has 2 amide bonds. The van der Waals surface area contributed by atoms with Crippen molar-refractivity contribution in [2.75, 3.05) is 4.90 Å². The van der Waals surface area contributed by atoms with E-state index in [4.69, 9.17) is 4.74 Å². The summed E-state index contributed by atoms with van der Waals surface area (Å²) in [7, 11) is 0. The van der Waals surface area contributed by atoms with E-state index in [1.165, 1.54) is 24.3 Å². The molecule has 0 bridgehead atoms. The van der Waals surface area contributed by atoms with Crippen LogP contribution in [0.4, 0.5) is 23.7 Å². The lowest BCUT2D eigenvalue weighted by molar-refractivity contribution is -0.190. The number of fused-ring (bicyclic) bond motifs is 3. The third-order valence-corrected chi connectivity index (χ3v) is 6.80. The average molecular weight is 482 g/mol. The highest BCUT2D eigenvalue weighted by Gasteiger charge is 2.66. The Morgan fingerprint density at radius 1 is 0.941 bits per heavy atom. The van der Waals surface area contributed by atoms with Crippen molar-refractivity contribution in [3.05, 3.63) is 107 Å². The van der Waals surface area contributed by atoms with E-state index in [2.05, 4.69) is 5.32 Å². The van der Waals surface area contributed by atoms with Gasteiger partial charge >= 0.3 is 18.2 Å². The smallest absolute Gasteiger partial charge is 0.420 e. The number of ether oxygens (including phenoxy) is 1. The molecule has 34 heavy (non-hydrogen) atoms. The summed E-state index contributed by atoms with van der Waals surface area (Å²) >= 11 is 0.939. The number of para-hydroxylation sites is 1. The number of esters is 1. The van der Waals surface area contributed by atoms with Crippen molar-refractivity contribution >= 4 is 29.4 Å². The van der Waals surface area contributed by atoms with Gasteiger partial charge in [-0.2, -0.15) is 13.2 Å². The number of nitrogens with one attached hydrogen (secondary N) is 1. The molecule has 2 aliphatic rings. The van der Waals surface area contributed by atoms with Crippen LogP contribution in [-0.2, 0) is 21.7 Å². The molecule has 5 nitrogen and oxygen atoms in total. The number of urea groups is 1. The largest absolute Gasteiger partial charge is 0.457 e. The van der Waals surface area contributed by atoms with Crippen molar-refractivity contribution in [2.24, 2.45) is 0 Å². The highest BCUT2D eigenvalue weighted by molar-refractivity contribution is 8.03. The third-order valence-electron chi connectivity index (χ3n) is 5.65. The van der Waals surface area contributed by atoms with E-state index < -0.39 is 29.3 Å². The SMILES string of the molecule is O=C(OCc1ccccc1)C1=C2Sc3ccccc3N2C(=O)NC1(c1ccccc1)C(F)(F)F. The minimum Gasteiger partial charge on any atom is -0.457 e. The van der Waals surface area contributed by atoms with Gasteiger partial charge in [-0.25, -0.2) is 9.59 Å². The van der Waals surface area contributed by atoms with Crippen LogP contribution in [-0.4, -0.2) is 18.2 Å². The monoisotopic (exact) mass is 482 g/mol. The Bertz CT molecular complexity index is 1300. The number of hydrogen-bond acceptors (Lipinski definition) is 4. The zero-order valence-electron chi connectivity index (χ0n) is 17.5. The van der Waals surface area contributed by atoms with Gasteiger partial charge in [-0.05, 0) is 23.3 Å². The molecule has 0 aliphatic carbocycles. The van der Waals surface area contributed by atoms with Gasteiger partial charge in [-0.1, -0.05) is 84.6 Å². The molecule has 0 radical (unpaired) electrons. The Kier molecular flexibility index (Phi) is 5.36. The fourth-order valence-electron chi connectivity index (χ4n) is 4.11. The fraction of sp³-hybridized carbons (Fsp3) is 0.120. The molecule has 5 rings (SSSR count). The van der Waals surface area contributed by atoms with Crippen LogP contribution in [0.15, 0.2) is 100 Å². The van der Waals surface area contributed by atoms with Gasteiger partial charge < -0.3 is 10.1 Å². The predicted octanol–water partition coefficient (Wildman–Crippen LogP) is 5.73. The molecule has 0 spiro atoms. The van der Waals surface area contributed by atoms with E-state index in [0.717, 1.165) is 16.7 Å². The molecule has 2 aliphatic heterocycles. The van der Waals surface area contributed by atoms with E-state index in [1.54, 1.807) is 60.7 Å². The molecule has 2 heterocycles. The number of carbonyl (C=O) groups is 2. The Morgan fingerprint density at radius 2 is 1.56 bits per heavy atom. The van der Waals surface area contributed by atoms with Gasteiger partial charge in [-0.15, -0.1) is 0 Å². The first kappa shape index (κ1) is 22.1. The van der Waals surface area contributed by atoms with E-state index in [9.17, 15) is 22.8 Å². The number of alkyl halides is 3. The highest BCUT2D eigenvalue weighted by atomic mass is 32.2. The summed E-state index contributed by atoms with van der Waals surface area (Å²) in [5.74, 6) is -1.16. The van der Waals surface area contributed by atoms with Crippen LogP contribution in [0.5, 0.6) is 0 Å². The van der Waals surface area contributed by atoms with Gasteiger partial charge in [-0.3, -0.25) is 4.90 Å². The zero-order valence-corrected chi connectivity index (χ0v) is 18.3. The van der Waals surface area contributed by atoms with E-state index in [-0.39, 0.29) is 17.2 Å². The second kappa shape index (κ2) is 8.25. The number of benzene rings is 3. The summed E-state index contributed by atoms with van der Waals surface area (Å²) in [6.45, 7) is -0.218. The first-order valence-corrected chi connectivity index (χ1v) is 11.1. The number of nitrogens with zero attached hydrogens (tertiary/aromatic N) is 1. The van der Waals surface area contributed by atoms with Crippen molar-refractivity contribution in [3.8, 4) is 0 Å². The van der Waals surface area contributed by atoms with Crippen LogP contribution in [0.3, 0.4) is 0 Å². The quantitative estimate of drug-likeness (QED) is 0.482. The first-order valence-electron chi connectivity index (χ1n) is 10.3. The normalized spacial score (nSPS) is 19.4. The van der Waals surface area contributed by atoms with E-state index in [0.29, 0.717) is 16.1 Å². The predicted molar refractivity (Wildman–Crippen MR) is 121 cm³/mol. The highest BCUT2D eigenvalue weighted by Crippen LogP contribution is 2.56.